The molecule has 2 aromatic rings. The molecule has 0 aromatic heterocycles. The zero-order valence-electron chi connectivity index (χ0n) is 13.8. The van der Waals surface area contributed by atoms with Crippen LogP contribution in [0.1, 0.15) is 12.0 Å². The molecule has 0 saturated heterocycles. The van der Waals surface area contributed by atoms with Gasteiger partial charge in [0, 0.05) is 22.8 Å². The maximum atomic E-state index is 12.2. The first-order valence-electron chi connectivity index (χ1n) is 8.04. The number of carbonyl (C=O) groups excluding carboxylic acids is 2. The summed E-state index contributed by atoms with van der Waals surface area (Å²) >= 11 is 5.82. The molecule has 2 N–H and O–H groups in total. The molecular weight excluding hydrogens is 340 g/mol. The lowest BCUT2D eigenvalue weighted by Crippen LogP contribution is -2.27. The molecule has 3 rings (SSSR count). The second-order valence-corrected chi connectivity index (χ2v) is 6.41. The number of hydrogen-bond acceptors (Lipinski definition) is 3. The molecule has 1 saturated carbocycles. The summed E-state index contributed by atoms with van der Waals surface area (Å²) in [5.74, 6) is -0.0760. The highest BCUT2D eigenvalue weighted by atomic mass is 35.5. The molecule has 1 aliphatic rings. The number of carbonyl (C=O) groups is 2. The number of methoxy groups -OCH3 is 1. The molecule has 0 aliphatic heterocycles. The Morgan fingerprint density at radius 2 is 1.76 bits per heavy atom. The molecule has 0 spiro atoms. The molecule has 0 heterocycles. The number of amides is 2. The second kappa shape index (κ2) is 7.57. The Morgan fingerprint density at radius 1 is 1.08 bits per heavy atom. The van der Waals surface area contributed by atoms with E-state index in [1.54, 1.807) is 31.4 Å². The largest absolute Gasteiger partial charge is 0.496 e. The van der Waals surface area contributed by atoms with Crippen LogP contribution >= 0.6 is 11.6 Å². The molecule has 25 heavy (non-hydrogen) atoms. The molecule has 5 nitrogen and oxygen atoms in total. The van der Waals surface area contributed by atoms with Gasteiger partial charge in [0.2, 0.25) is 11.8 Å². The molecule has 6 heteroatoms. The van der Waals surface area contributed by atoms with Crippen LogP contribution in [-0.4, -0.2) is 18.9 Å². The summed E-state index contributed by atoms with van der Waals surface area (Å²) in [7, 11) is 1.60. The van der Waals surface area contributed by atoms with Gasteiger partial charge in [-0.3, -0.25) is 9.59 Å². The van der Waals surface area contributed by atoms with Gasteiger partial charge in [0.1, 0.15) is 5.75 Å². The van der Waals surface area contributed by atoms with E-state index in [1.165, 1.54) is 0 Å². The van der Waals surface area contributed by atoms with Crippen LogP contribution in [0.3, 0.4) is 0 Å². The summed E-state index contributed by atoms with van der Waals surface area (Å²) in [5, 5.41) is 6.30. The van der Waals surface area contributed by atoms with Gasteiger partial charge in [0.15, 0.2) is 0 Å². The van der Waals surface area contributed by atoms with E-state index < -0.39 is 0 Å². The van der Waals surface area contributed by atoms with E-state index in [0.29, 0.717) is 23.7 Å². The summed E-state index contributed by atoms with van der Waals surface area (Å²) in [6, 6.07) is 14.4. The maximum Gasteiger partial charge on any atom is 0.228 e. The van der Waals surface area contributed by atoms with Crippen molar-refractivity contribution in [2.45, 2.75) is 13.0 Å². The van der Waals surface area contributed by atoms with E-state index >= 15 is 0 Å². The van der Waals surface area contributed by atoms with Crippen LogP contribution in [0.15, 0.2) is 48.5 Å². The molecular formula is C19H19ClN2O3. The molecule has 2 unspecified atom stereocenters. The van der Waals surface area contributed by atoms with Gasteiger partial charge in [-0.1, -0.05) is 29.8 Å². The van der Waals surface area contributed by atoms with Gasteiger partial charge in [-0.25, -0.2) is 0 Å². The first-order valence-corrected chi connectivity index (χ1v) is 8.42. The highest BCUT2D eigenvalue weighted by molar-refractivity contribution is 6.30. The number of anilines is 1. The minimum Gasteiger partial charge on any atom is -0.496 e. The Morgan fingerprint density at radius 3 is 2.48 bits per heavy atom. The Kier molecular flexibility index (Phi) is 5.24. The first-order chi connectivity index (χ1) is 12.1. The van der Waals surface area contributed by atoms with Crippen molar-refractivity contribution in [3.05, 3.63) is 59.1 Å². The Hall–Kier alpha value is -2.53. The number of halogens is 1. The summed E-state index contributed by atoms with van der Waals surface area (Å²) in [6.45, 7) is 0.380. The third-order valence-electron chi connectivity index (χ3n) is 4.22. The van der Waals surface area contributed by atoms with Crippen molar-refractivity contribution < 1.29 is 14.3 Å². The Balaban J connectivity index is 1.50. The Labute approximate surface area is 151 Å². The third kappa shape index (κ3) is 4.31. The molecule has 0 radical (unpaired) electrons. The van der Waals surface area contributed by atoms with E-state index in [1.807, 2.05) is 24.3 Å². The van der Waals surface area contributed by atoms with Gasteiger partial charge in [-0.2, -0.15) is 0 Å². The van der Waals surface area contributed by atoms with Gasteiger partial charge in [-0.15, -0.1) is 0 Å². The molecule has 0 bridgehead atoms. The monoisotopic (exact) mass is 358 g/mol. The van der Waals surface area contributed by atoms with Crippen LogP contribution in [0.5, 0.6) is 5.75 Å². The summed E-state index contributed by atoms with van der Waals surface area (Å²) < 4.78 is 5.26. The van der Waals surface area contributed by atoms with Crippen molar-refractivity contribution >= 4 is 29.1 Å². The zero-order valence-corrected chi connectivity index (χ0v) is 14.5. The number of benzene rings is 2. The predicted octanol–water partition coefficient (Wildman–Crippen LogP) is 3.24. The number of ether oxygens (including phenoxy) is 1. The van der Waals surface area contributed by atoms with Gasteiger partial charge in [0.25, 0.3) is 0 Å². The van der Waals surface area contributed by atoms with Gasteiger partial charge >= 0.3 is 0 Å². The number of hydrogen-bond donors (Lipinski definition) is 2. The van der Waals surface area contributed by atoms with Crippen LogP contribution in [0.4, 0.5) is 5.69 Å². The molecule has 2 amide bonds. The van der Waals surface area contributed by atoms with Crippen molar-refractivity contribution in [1.29, 1.82) is 0 Å². The average Bonchev–Trinajstić information content (AvgIpc) is 3.43. The maximum absolute atomic E-state index is 12.2. The molecule has 1 fully saturated rings. The summed E-state index contributed by atoms with van der Waals surface area (Å²) in [6.07, 6.45) is 0.567. The van der Waals surface area contributed by atoms with Crippen molar-refractivity contribution in [2.75, 3.05) is 12.4 Å². The smallest absolute Gasteiger partial charge is 0.228 e. The number of rotatable bonds is 6. The number of nitrogens with one attached hydrogen (secondary N) is 2. The van der Waals surface area contributed by atoms with Gasteiger partial charge in [-0.05, 0) is 36.8 Å². The normalized spacial score (nSPS) is 18.3. The molecule has 130 valence electrons. The standard InChI is InChI=1S/C19H19ClN2O3/c1-25-17-5-3-2-4-12(17)11-21-18(23)15-10-16(15)19(24)22-14-8-6-13(20)7-9-14/h2-9,15-16H,10-11H2,1H3,(H,21,23)(H,22,24). The number of para-hydroxylation sites is 1. The SMILES string of the molecule is COc1ccccc1CNC(=O)C1CC1C(=O)Nc1ccc(Cl)cc1. The van der Waals surface area contributed by atoms with Crippen LogP contribution in [-0.2, 0) is 16.1 Å². The topological polar surface area (TPSA) is 67.4 Å². The predicted molar refractivity (Wildman–Crippen MR) is 96.5 cm³/mol. The highest BCUT2D eigenvalue weighted by Gasteiger charge is 2.47. The van der Waals surface area contributed by atoms with E-state index in [2.05, 4.69) is 10.6 Å². The second-order valence-electron chi connectivity index (χ2n) is 5.97. The van der Waals surface area contributed by atoms with E-state index in [4.69, 9.17) is 16.3 Å². The fraction of sp³-hybridized carbons (Fsp3) is 0.263. The lowest BCUT2D eigenvalue weighted by molar-refractivity contribution is -0.125. The van der Waals surface area contributed by atoms with Crippen LogP contribution in [0, 0.1) is 11.8 Å². The van der Waals surface area contributed by atoms with E-state index in [0.717, 1.165) is 11.3 Å². The summed E-state index contributed by atoms with van der Waals surface area (Å²) in [4.78, 5) is 24.4. The first kappa shape index (κ1) is 17.3. The van der Waals surface area contributed by atoms with Crippen molar-refractivity contribution in [1.82, 2.24) is 5.32 Å². The quantitative estimate of drug-likeness (QED) is 0.833. The minimum absolute atomic E-state index is 0.109. The lowest BCUT2D eigenvalue weighted by Gasteiger charge is -2.09. The van der Waals surface area contributed by atoms with Crippen LogP contribution in [0.2, 0.25) is 5.02 Å². The molecule has 2 aromatic carbocycles. The van der Waals surface area contributed by atoms with Crippen molar-refractivity contribution in [3.63, 3.8) is 0 Å². The molecule has 1 aliphatic carbocycles. The van der Waals surface area contributed by atoms with E-state index in [-0.39, 0.29) is 23.7 Å². The fourth-order valence-corrected chi connectivity index (χ4v) is 2.83. The van der Waals surface area contributed by atoms with Crippen molar-refractivity contribution in [3.8, 4) is 5.75 Å². The highest BCUT2D eigenvalue weighted by Crippen LogP contribution is 2.39. The Bertz CT molecular complexity index is 776. The van der Waals surface area contributed by atoms with Crippen LogP contribution < -0.4 is 15.4 Å². The van der Waals surface area contributed by atoms with Gasteiger partial charge in [0.05, 0.1) is 18.9 Å². The summed E-state index contributed by atoms with van der Waals surface area (Å²) in [5.41, 5.74) is 1.58. The molecule has 2 atom stereocenters. The fourth-order valence-electron chi connectivity index (χ4n) is 2.71. The zero-order chi connectivity index (χ0) is 17.8. The third-order valence-corrected chi connectivity index (χ3v) is 4.47. The van der Waals surface area contributed by atoms with Crippen LogP contribution in [0.25, 0.3) is 0 Å². The average molecular weight is 359 g/mol. The van der Waals surface area contributed by atoms with Crippen molar-refractivity contribution in [2.24, 2.45) is 11.8 Å². The lowest BCUT2D eigenvalue weighted by atomic mass is 10.2. The minimum atomic E-state index is -0.284. The van der Waals surface area contributed by atoms with Gasteiger partial charge < -0.3 is 15.4 Å². The van der Waals surface area contributed by atoms with E-state index in [9.17, 15) is 9.59 Å².